The van der Waals surface area contributed by atoms with Crippen LogP contribution in [0.4, 0.5) is 0 Å². The molecule has 0 aliphatic rings. The highest BCUT2D eigenvalue weighted by Crippen LogP contribution is 2.35. The summed E-state index contributed by atoms with van der Waals surface area (Å²) < 4.78 is 0. The molecule has 0 aliphatic heterocycles. The van der Waals surface area contributed by atoms with Crippen LogP contribution < -0.4 is 0 Å². The number of hydrogen-bond donors (Lipinski definition) is 1. The van der Waals surface area contributed by atoms with Crippen molar-refractivity contribution in [3.8, 4) is 0 Å². The Hall–Kier alpha value is -1.42. The summed E-state index contributed by atoms with van der Waals surface area (Å²) in [5.74, 6) is -0.221. The molecule has 0 bridgehead atoms. The molecule has 3 nitrogen and oxygen atoms in total. The standard InChI is InChI=1S/C12H11BrN2O/c13-12(9-4-2-1-3-5-9)11(8-16)10-6-14-15-7-10/h1-8,11-12H,(H,14,15). The second-order valence-electron chi connectivity index (χ2n) is 3.51. The fraction of sp³-hybridized carbons (Fsp3) is 0.167. The third-order valence-electron chi connectivity index (χ3n) is 2.48. The second-order valence-corrected chi connectivity index (χ2v) is 4.49. The molecule has 4 heteroatoms. The molecule has 0 fully saturated rings. The van der Waals surface area contributed by atoms with Crippen molar-refractivity contribution in [1.29, 1.82) is 0 Å². The number of aromatic amines is 1. The Kier molecular flexibility index (Phi) is 3.51. The smallest absolute Gasteiger partial charge is 0.129 e. The van der Waals surface area contributed by atoms with E-state index in [4.69, 9.17) is 0 Å². The van der Waals surface area contributed by atoms with Gasteiger partial charge in [0.2, 0.25) is 0 Å². The first-order chi connectivity index (χ1) is 7.83. The SMILES string of the molecule is O=CC(c1cn[nH]c1)C(Br)c1ccccc1. The first-order valence-electron chi connectivity index (χ1n) is 4.96. The quantitative estimate of drug-likeness (QED) is 0.691. The summed E-state index contributed by atoms with van der Waals surface area (Å²) in [4.78, 5) is 11.1. The zero-order chi connectivity index (χ0) is 11.4. The normalized spacial score (nSPS) is 14.3. The van der Waals surface area contributed by atoms with E-state index in [0.717, 1.165) is 17.4 Å². The molecule has 1 heterocycles. The molecule has 0 radical (unpaired) electrons. The maximum absolute atomic E-state index is 11.1. The zero-order valence-corrected chi connectivity index (χ0v) is 10.1. The topological polar surface area (TPSA) is 45.8 Å². The Labute approximate surface area is 102 Å². The van der Waals surface area contributed by atoms with Crippen molar-refractivity contribution < 1.29 is 4.79 Å². The van der Waals surface area contributed by atoms with Gasteiger partial charge in [-0.1, -0.05) is 46.3 Å². The van der Waals surface area contributed by atoms with E-state index in [1.807, 2.05) is 30.3 Å². The summed E-state index contributed by atoms with van der Waals surface area (Å²) >= 11 is 3.56. The third kappa shape index (κ3) is 2.22. The van der Waals surface area contributed by atoms with E-state index in [0.29, 0.717) is 0 Å². The van der Waals surface area contributed by atoms with Crippen LogP contribution in [0.5, 0.6) is 0 Å². The molecule has 2 rings (SSSR count). The lowest BCUT2D eigenvalue weighted by Crippen LogP contribution is -2.06. The highest BCUT2D eigenvalue weighted by atomic mass is 79.9. The summed E-state index contributed by atoms with van der Waals surface area (Å²) in [6, 6.07) is 9.87. The number of H-pyrrole nitrogens is 1. The number of carbonyl (C=O) groups excluding carboxylic acids is 1. The lowest BCUT2D eigenvalue weighted by Gasteiger charge is -2.15. The lowest BCUT2D eigenvalue weighted by atomic mass is 9.95. The predicted octanol–water partition coefficient (Wildman–Crippen LogP) is 2.83. The summed E-state index contributed by atoms with van der Waals surface area (Å²) in [6.45, 7) is 0. The van der Waals surface area contributed by atoms with Gasteiger partial charge in [-0.05, 0) is 5.56 Å². The number of aldehydes is 1. The molecule has 2 atom stereocenters. The molecule has 82 valence electrons. The molecular formula is C12H11BrN2O. The Bertz CT molecular complexity index is 441. The molecule has 2 unspecified atom stereocenters. The van der Waals surface area contributed by atoms with Gasteiger partial charge in [0.05, 0.1) is 16.9 Å². The van der Waals surface area contributed by atoms with E-state index in [1.54, 1.807) is 12.4 Å². The van der Waals surface area contributed by atoms with E-state index in [-0.39, 0.29) is 10.7 Å². The van der Waals surface area contributed by atoms with Crippen LogP contribution in [0.25, 0.3) is 0 Å². The van der Waals surface area contributed by atoms with Gasteiger partial charge in [0.1, 0.15) is 6.29 Å². The molecule has 0 saturated carbocycles. The van der Waals surface area contributed by atoms with Crippen molar-refractivity contribution in [2.24, 2.45) is 0 Å². The summed E-state index contributed by atoms with van der Waals surface area (Å²) in [5, 5.41) is 6.58. The number of halogens is 1. The third-order valence-corrected chi connectivity index (χ3v) is 3.58. The van der Waals surface area contributed by atoms with Crippen LogP contribution in [0.15, 0.2) is 42.7 Å². The lowest BCUT2D eigenvalue weighted by molar-refractivity contribution is -0.109. The van der Waals surface area contributed by atoms with E-state index in [2.05, 4.69) is 26.1 Å². The highest BCUT2D eigenvalue weighted by molar-refractivity contribution is 9.09. The van der Waals surface area contributed by atoms with Crippen molar-refractivity contribution in [1.82, 2.24) is 10.2 Å². The Morgan fingerprint density at radius 2 is 2.00 bits per heavy atom. The van der Waals surface area contributed by atoms with E-state index < -0.39 is 0 Å². The Morgan fingerprint density at radius 1 is 1.25 bits per heavy atom. The maximum atomic E-state index is 11.1. The Balaban J connectivity index is 2.26. The number of alkyl halides is 1. The number of nitrogens with one attached hydrogen (secondary N) is 1. The highest BCUT2D eigenvalue weighted by Gasteiger charge is 2.22. The van der Waals surface area contributed by atoms with Gasteiger partial charge in [0.15, 0.2) is 0 Å². The molecule has 0 spiro atoms. The number of aromatic nitrogens is 2. The number of hydrogen-bond acceptors (Lipinski definition) is 2. The summed E-state index contributed by atoms with van der Waals surface area (Å²) in [6.07, 6.45) is 4.36. The number of carbonyl (C=O) groups is 1. The first kappa shape index (κ1) is 11.1. The fourth-order valence-corrected chi connectivity index (χ4v) is 2.34. The largest absolute Gasteiger partial charge is 0.303 e. The molecule has 1 aromatic carbocycles. The molecule has 0 amide bonds. The predicted molar refractivity (Wildman–Crippen MR) is 65.5 cm³/mol. The van der Waals surface area contributed by atoms with Crippen LogP contribution in [0.2, 0.25) is 0 Å². The molecule has 0 aliphatic carbocycles. The van der Waals surface area contributed by atoms with Crippen molar-refractivity contribution in [2.45, 2.75) is 10.7 Å². The van der Waals surface area contributed by atoms with Crippen molar-refractivity contribution >= 4 is 22.2 Å². The number of rotatable bonds is 4. The van der Waals surface area contributed by atoms with E-state index in [1.165, 1.54) is 0 Å². The van der Waals surface area contributed by atoms with Crippen LogP contribution in [0.1, 0.15) is 21.9 Å². The molecule has 16 heavy (non-hydrogen) atoms. The number of benzene rings is 1. The van der Waals surface area contributed by atoms with Crippen molar-refractivity contribution in [2.75, 3.05) is 0 Å². The van der Waals surface area contributed by atoms with Gasteiger partial charge < -0.3 is 4.79 Å². The minimum Gasteiger partial charge on any atom is -0.303 e. The zero-order valence-electron chi connectivity index (χ0n) is 8.51. The van der Waals surface area contributed by atoms with Crippen LogP contribution in [-0.2, 0) is 4.79 Å². The summed E-state index contributed by atoms with van der Waals surface area (Å²) in [5.41, 5.74) is 1.97. The van der Waals surface area contributed by atoms with Crippen molar-refractivity contribution in [3.05, 3.63) is 53.9 Å². The Morgan fingerprint density at radius 3 is 2.56 bits per heavy atom. The molecule has 0 saturated heterocycles. The van der Waals surface area contributed by atoms with Gasteiger partial charge in [-0.2, -0.15) is 5.10 Å². The van der Waals surface area contributed by atoms with Crippen molar-refractivity contribution in [3.63, 3.8) is 0 Å². The monoisotopic (exact) mass is 278 g/mol. The first-order valence-corrected chi connectivity index (χ1v) is 5.87. The van der Waals surface area contributed by atoms with Gasteiger partial charge in [0.25, 0.3) is 0 Å². The molecule has 1 aromatic heterocycles. The van der Waals surface area contributed by atoms with Crippen LogP contribution >= 0.6 is 15.9 Å². The van der Waals surface area contributed by atoms with Gasteiger partial charge >= 0.3 is 0 Å². The van der Waals surface area contributed by atoms with Crippen LogP contribution in [0.3, 0.4) is 0 Å². The van der Waals surface area contributed by atoms with Crippen LogP contribution in [-0.4, -0.2) is 16.5 Å². The minimum atomic E-state index is -0.221. The molecular weight excluding hydrogens is 268 g/mol. The van der Waals surface area contributed by atoms with Gasteiger partial charge in [-0.25, -0.2) is 0 Å². The minimum absolute atomic E-state index is 0.0243. The van der Waals surface area contributed by atoms with Gasteiger partial charge in [-0.3, -0.25) is 5.10 Å². The molecule has 2 aromatic rings. The average Bonchev–Trinajstić information content (AvgIpc) is 2.85. The molecule has 1 N–H and O–H groups in total. The van der Waals surface area contributed by atoms with Gasteiger partial charge in [-0.15, -0.1) is 0 Å². The maximum Gasteiger partial charge on any atom is 0.129 e. The summed E-state index contributed by atoms with van der Waals surface area (Å²) in [7, 11) is 0. The average molecular weight is 279 g/mol. The fourth-order valence-electron chi connectivity index (χ4n) is 1.60. The van der Waals surface area contributed by atoms with E-state index >= 15 is 0 Å². The number of nitrogens with zero attached hydrogens (tertiary/aromatic N) is 1. The second kappa shape index (κ2) is 5.07. The van der Waals surface area contributed by atoms with E-state index in [9.17, 15) is 4.79 Å². The van der Waals surface area contributed by atoms with Crippen LogP contribution in [0, 0.1) is 0 Å². The van der Waals surface area contributed by atoms with Gasteiger partial charge in [0, 0.05) is 11.8 Å².